The molecule has 122 valence electrons. The van der Waals surface area contributed by atoms with Crippen LogP contribution in [0.4, 0.5) is 11.5 Å². The van der Waals surface area contributed by atoms with Crippen LogP contribution in [0.15, 0.2) is 53.6 Å². The molecule has 2 aromatic carbocycles. The van der Waals surface area contributed by atoms with Crippen LogP contribution in [0.2, 0.25) is 0 Å². The molecule has 24 heavy (non-hydrogen) atoms. The lowest BCUT2D eigenvalue weighted by Gasteiger charge is -2.10. The number of nitrogens with one attached hydrogen (secondary N) is 1. The van der Waals surface area contributed by atoms with Gasteiger partial charge in [-0.1, -0.05) is 6.07 Å². The molecular formula is C15H12N4O4S. The van der Waals surface area contributed by atoms with E-state index in [4.69, 9.17) is 10.8 Å². The topological polar surface area (TPSA) is 135 Å². The molecule has 4 N–H and O–H groups in total. The Hall–Kier alpha value is -3.20. The zero-order valence-electron chi connectivity index (χ0n) is 12.2. The number of anilines is 2. The maximum Gasteiger partial charge on any atom is 0.335 e. The largest absolute Gasteiger partial charge is 0.478 e. The second-order valence-electron chi connectivity index (χ2n) is 4.91. The number of aromatic nitrogens is 2. The van der Waals surface area contributed by atoms with Gasteiger partial charge in [-0.25, -0.2) is 18.2 Å². The van der Waals surface area contributed by atoms with E-state index in [1.807, 2.05) is 0 Å². The molecule has 0 aliphatic carbocycles. The lowest BCUT2D eigenvalue weighted by molar-refractivity contribution is 0.0697. The first kappa shape index (κ1) is 15.7. The summed E-state index contributed by atoms with van der Waals surface area (Å²) >= 11 is 0. The Bertz CT molecular complexity index is 1030. The van der Waals surface area contributed by atoms with Crippen LogP contribution in [-0.2, 0) is 10.0 Å². The number of nitrogen functional groups attached to an aromatic ring is 1. The highest BCUT2D eigenvalue weighted by Crippen LogP contribution is 2.23. The molecule has 0 fully saturated rings. The number of carbonyl (C=O) groups is 1. The maximum atomic E-state index is 12.6. The van der Waals surface area contributed by atoms with Gasteiger partial charge in [-0.3, -0.25) is 9.71 Å². The zero-order chi connectivity index (χ0) is 17.3. The van der Waals surface area contributed by atoms with Crippen molar-refractivity contribution in [3.8, 4) is 0 Å². The molecule has 1 heterocycles. The summed E-state index contributed by atoms with van der Waals surface area (Å²) in [5, 5.41) is 8.86. The van der Waals surface area contributed by atoms with Gasteiger partial charge in [-0.05, 0) is 36.4 Å². The summed E-state index contributed by atoms with van der Waals surface area (Å²) in [4.78, 5) is 18.9. The number of benzene rings is 2. The summed E-state index contributed by atoms with van der Waals surface area (Å²) in [5.41, 5.74) is 6.43. The van der Waals surface area contributed by atoms with Crippen molar-refractivity contribution in [2.24, 2.45) is 0 Å². The Labute approximate surface area is 137 Å². The normalized spacial score (nSPS) is 11.3. The summed E-state index contributed by atoms with van der Waals surface area (Å²) in [5.74, 6) is -0.986. The number of para-hydroxylation sites is 1. The van der Waals surface area contributed by atoms with Gasteiger partial charge in [-0.15, -0.1) is 0 Å². The molecule has 1 aromatic heterocycles. The Morgan fingerprint density at radius 2 is 1.83 bits per heavy atom. The highest BCUT2D eigenvalue weighted by atomic mass is 32.2. The molecule has 0 aliphatic rings. The third-order valence-electron chi connectivity index (χ3n) is 3.23. The number of aromatic carboxylic acids is 1. The number of carboxylic acids is 1. The van der Waals surface area contributed by atoms with Crippen LogP contribution in [0.1, 0.15) is 10.4 Å². The SMILES string of the molecule is Nc1cnc2cccc(S(=O)(=O)Nc3ccc(C(=O)O)cc3)c2n1. The van der Waals surface area contributed by atoms with Crippen molar-refractivity contribution in [2.45, 2.75) is 4.90 Å². The van der Waals surface area contributed by atoms with Crippen LogP contribution in [0.25, 0.3) is 11.0 Å². The number of hydrogen-bond donors (Lipinski definition) is 3. The summed E-state index contributed by atoms with van der Waals surface area (Å²) in [6, 6.07) is 9.92. The molecule has 0 saturated carbocycles. The molecule has 0 amide bonds. The number of nitrogens with two attached hydrogens (primary N) is 1. The van der Waals surface area contributed by atoms with Gasteiger partial charge in [0.25, 0.3) is 10.0 Å². The fourth-order valence-corrected chi connectivity index (χ4v) is 3.35. The van der Waals surface area contributed by atoms with Gasteiger partial charge in [0.2, 0.25) is 0 Å². The third kappa shape index (κ3) is 2.97. The second-order valence-corrected chi connectivity index (χ2v) is 6.56. The minimum absolute atomic E-state index is 0.0572. The van der Waals surface area contributed by atoms with Gasteiger partial charge in [-0.2, -0.15) is 0 Å². The lowest BCUT2D eigenvalue weighted by atomic mass is 10.2. The van der Waals surface area contributed by atoms with E-state index in [-0.39, 0.29) is 27.5 Å². The Kier molecular flexibility index (Phi) is 3.78. The van der Waals surface area contributed by atoms with E-state index >= 15 is 0 Å². The molecule has 0 spiro atoms. The molecule has 0 aliphatic heterocycles. The first-order valence-electron chi connectivity index (χ1n) is 6.74. The Balaban J connectivity index is 2.02. The Morgan fingerprint density at radius 3 is 2.50 bits per heavy atom. The molecule has 3 rings (SSSR count). The molecule has 0 bridgehead atoms. The van der Waals surface area contributed by atoms with Crippen molar-refractivity contribution in [3.63, 3.8) is 0 Å². The molecule has 0 radical (unpaired) electrons. The molecule has 0 unspecified atom stereocenters. The fraction of sp³-hybridized carbons (Fsp3) is 0. The van der Waals surface area contributed by atoms with Crippen LogP contribution in [0, 0.1) is 0 Å². The number of hydrogen-bond acceptors (Lipinski definition) is 6. The van der Waals surface area contributed by atoms with Crippen LogP contribution >= 0.6 is 0 Å². The van der Waals surface area contributed by atoms with Crippen LogP contribution in [0.3, 0.4) is 0 Å². The number of rotatable bonds is 4. The van der Waals surface area contributed by atoms with Crippen LogP contribution in [0.5, 0.6) is 0 Å². The summed E-state index contributed by atoms with van der Waals surface area (Å²) in [6.45, 7) is 0. The highest BCUT2D eigenvalue weighted by molar-refractivity contribution is 7.93. The summed E-state index contributed by atoms with van der Waals surface area (Å²) in [7, 11) is -3.95. The average Bonchev–Trinajstić information content (AvgIpc) is 2.54. The first-order valence-corrected chi connectivity index (χ1v) is 8.22. The van der Waals surface area contributed by atoms with Crippen molar-refractivity contribution >= 4 is 38.5 Å². The zero-order valence-corrected chi connectivity index (χ0v) is 13.0. The summed E-state index contributed by atoms with van der Waals surface area (Å²) < 4.78 is 27.6. The van der Waals surface area contributed by atoms with Gasteiger partial charge >= 0.3 is 5.97 Å². The van der Waals surface area contributed by atoms with Crippen molar-refractivity contribution in [1.29, 1.82) is 0 Å². The molecular weight excluding hydrogens is 332 g/mol. The van der Waals surface area contributed by atoms with Crippen molar-refractivity contribution in [2.75, 3.05) is 10.5 Å². The fourth-order valence-electron chi connectivity index (χ4n) is 2.13. The Morgan fingerprint density at radius 1 is 1.12 bits per heavy atom. The van der Waals surface area contributed by atoms with Crippen molar-refractivity contribution in [1.82, 2.24) is 9.97 Å². The van der Waals surface area contributed by atoms with Gasteiger partial charge in [0, 0.05) is 5.69 Å². The maximum absolute atomic E-state index is 12.6. The van der Waals surface area contributed by atoms with Gasteiger partial charge < -0.3 is 10.8 Å². The predicted molar refractivity (Wildman–Crippen MR) is 88.2 cm³/mol. The summed E-state index contributed by atoms with van der Waals surface area (Å²) in [6.07, 6.45) is 1.34. The smallest absolute Gasteiger partial charge is 0.335 e. The van der Waals surface area contributed by atoms with Crippen LogP contribution in [-0.4, -0.2) is 29.5 Å². The van der Waals surface area contributed by atoms with E-state index in [0.717, 1.165) is 0 Å². The minimum Gasteiger partial charge on any atom is -0.478 e. The average molecular weight is 344 g/mol. The van der Waals surface area contributed by atoms with E-state index < -0.39 is 16.0 Å². The quantitative estimate of drug-likeness (QED) is 0.655. The standard InChI is InChI=1S/C15H12N4O4S/c16-13-8-17-11-2-1-3-12(14(11)18-13)24(22,23)19-10-6-4-9(5-7-10)15(20)21/h1-8,19H,(H2,16,18)(H,20,21). The molecule has 0 saturated heterocycles. The first-order chi connectivity index (χ1) is 11.4. The monoisotopic (exact) mass is 344 g/mol. The number of carboxylic acid groups (broad SMARTS) is 1. The van der Waals surface area contributed by atoms with E-state index in [1.54, 1.807) is 12.1 Å². The number of sulfonamides is 1. The second kappa shape index (κ2) is 5.78. The number of nitrogens with zero attached hydrogens (tertiary/aromatic N) is 2. The van der Waals surface area contributed by atoms with Crippen molar-refractivity contribution < 1.29 is 18.3 Å². The highest BCUT2D eigenvalue weighted by Gasteiger charge is 2.19. The molecule has 0 atom stereocenters. The predicted octanol–water partition coefficient (Wildman–Crippen LogP) is 1.71. The van der Waals surface area contributed by atoms with Gasteiger partial charge in [0.1, 0.15) is 16.2 Å². The van der Waals surface area contributed by atoms with Gasteiger partial charge in [0.05, 0.1) is 17.3 Å². The third-order valence-corrected chi connectivity index (χ3v) is 4.64. The van der Waals surface area contributed by atoms with Crippen molar-refractivity contribution in [3.05, 3.63) is 54.2 Å². The molecule has 9 heteroatoms. The minimum atomic E-state index is -3.95. The van der Waals surface area contributed by atoms with E-state index in [0.29, 0.717) is 5.52 Å². The van der Waals surface area contributed by atoms with Crippen LogP contribution < -0.4 is 10.5 Å². The van der Waals surface area contributed by atoms with E-state index in [9.17, 15) is 13.2 Å². The van der Waals surface area contributed by atoms with E-state index in [2.05, 4.69) is 14.7 Å². The molecule has 3 aromatic rings. The lowest BCUT2D eigenvalue weighted by Crippen LogP contribution is -2.14. The number of fused-ring (bicyclic) bond motifs is 1. The van der Waals surface area contributed by atoms with E-state index in [1.165, 1.54) is 36.5 Å². The molecule has 8 nitrogen and oxygen atoms in total. The van der Waals surface area contributed by atoms with Gasteiger partial charge in [0.15, 0.2) is 0 Å².